The zero-order chi connectivity index (χ0) is 15.8. The van der Waals surface area contributed by atoms with Crippen LogP contribution >= 0.6 is 0 Å². The van der Waals surface area contributed by atoms with Crippen molar-refractivity contribution in [3.8, 4) is 5.75 Å². The Labute approximate surface area is 128 Å². The number of anilines is 1. The Kier molecular flexibility index (Phi) is 5.48. The van der Waals surface area contributed by atoms with E-state index >= 15 is 0 Å². The first-order valence-electron chi connectivity index (χ1n) is 6.82. The van der Waals surface area contributed by atoms with Gasteiger partial charge in [-0.1, -0.05) is 18.2 Å². The average Bonchev–Trinajstić information content (AvgIpc) is 2.56. The van der Waals surface area contributed by atoms with Gasteiger partial charge in [-0.25, -0.2) is 4.98 Å². The van der Waals surface area contributed by atoms with E-state index in [-0.39, 0.29) is 0 Å². The molecule has 6 nitrogen and oxygen atoms in total. The van der Waals surface area contributed by atoms with E-state index in [0.717, 1.165) is 11.3 Å². The van der Waals surface area contributed by atoms with Crippen molar-refractivity contribution in [1.29, 1.82) is 0 Å². The number of amides is 2. The van der Waals surface area contributed by atoms with Gasteiger partial charge in [-0.2, -0.15) is 0 Å². The minimum absolute atomic E-state index is 0.345. The molecule has 0 saturated heterocycles. The second-order valence-electron chi connectivity index (χ2n) is 4.52. The van der Waals surface area contributed by atoms with Crippen LogP contribution in [0.3, 0.4) is 0 Å². The molecule has 1 heterocycles. The van der Waals surface area contributed by atoms with Crippen molar-refractivity contribution in [1.82, 2.24) is 10.3 Å². The van der Waals surface area contributed by atoms with Gasteiger partial charge in [0.15, 0.2) is 0 Å². The molecule has 1 aromatic carbocycles. The number of aromatic nitrogens is 1. The van der Waals surface area contributed by atoms with Crippen LogP contribution in [0.4, 0.5) is 5.82 Å². The number of benzene rings is 1. The molecular weight excluding hydrogens is 282 g/mol. The van der Waals surface area contributed by atoms with Crippen LogP contribution in [0.5, 0.6) is 5.75 Å². The molecule has 0 unspecified atom stereocenters. The van der Waals surface area contributed by atoms with Crippen LogP contribution in [0.2, 0.25) is 0 Å². The minimum Gasteiger partial charge on any atom is -0.497 e. The van der Waals surface area contributed by atoms with E-state index in [1.54, 1.807) is 25.3 Å². The van der Waals surface area contributed by atoms with Crippen LogP contribution in [0.15, 0.2) is 48.7 Å². The van der Waals surface area contributed by atoms with Gasteiger partial charge in [-0.15, -0.1) is 0 Å². The zero-order valence-electron chi connectivity index (χ0n) is 12.2. The van der Waals surface area contributed by atoms with E-state index in [2.05, 4.69) is 15.6 Å². The summed E-state index contributed by atoms with van der Waals surface area (Å²) in [5.74, 6) is -0.284. The number of nitrogens with one attached hydrogen (secondary N) is 2. The minimum atomic E-state index is -0.728. The second-order valence-corrected chi connectivity index (χ2v) is 4.52. The van der Waals surface area contributed by atoms with Crippen molar-refractivity contribution in [2.45, 2.75) is 6.42 Å². The van der Waals surface area contributed by atoms with Crippen LogP contribution in [0, 0.1) is 0 Å². The number of hydrogen-bond acceptors (Lipinski definition) is 4. The largest absolute Gasteiger partial charge is 0.497 e. The average molecular weight is 299 g/mol. The van der Waals surface area contributed by atoms with Gasteiger partial charge < -0.3 is 15.4 Å². The summed E-state index contributed by atoms with van der Waals surface area (Å²) >= 11 is 0. The number of methoxy groups -OCH3 is 1. The maximum atomic E-state index is 11.7. The first-order valence-corrected chi connectivity index (χ1v) is 6.82. The summed E-state index contributed by atoms with van der Waals surface area (Å²) in [6.07, 6.45) is 2.17. The number of ether oxygens (including phenoxy) is 1. The molecule has 22 heavy (non-hydrogen) atoms. The number of pyridine rings is 1. The molecule has 0 aliphatic heterocycles. The first-order chi connectivity index (χ1) is 10.7. The van der Waals surface area contributed by atoms with Crippen LogP contribution in [0.1, 0.15) is 5.56 Å². The summed E-state index contributed by atoms with van der Waals surface area (Å²) < 4.78 is 5.07. The Morgan fingerprint density at radius 1 is 1.09 bits per heavy atom. The maximum Gasteiger partial charge on any atom is 0.314 e. The summed E-state index contributed by atoms with van der Waals surface area (Å²) in [6, 6.07) is 12.6. The number of hydrogen-bond donors (Lipinski definition) is 2. The Hall–Kier alpha value is -2.89. The number of rotatable bonds is 5. The van der Waals surface area contributed by atoms with Gasteiger partial charge >= 0.3 is 11.8 Å². The maximum absolute atomic E-state index is 11.7. The van der Waals surface area contributed by atoms with Crippen LogP contribution in [-0.4, -0.2) is 30.5 Å². The molecule has 1 aromatic heterocycles. The van der Waals surface area contributed by atoms with E-state index in [9.17, 15) is 9.59 Å². The molecule has 0 aliphatic carbocycles. The van der Waals surface area contributed by atoms with Gasteiger partial charge in [-0.05, 0) is 36.2 Å². The fraction of sp³-hybridized carbons (Fsp3) is 0.188. The lowest BCUT2D eigenvalue weighted by atomic mass is 10.1. The molecule has 0 atom stereocenters. The summed E-state index contributed by atoms with van der Waals surface area (Å²) in [4.78, 5) is 27.2. The highest BCUT2D eigenvalue weighted by atomic mass is 16.5. The summed E-state index contributed by atoms with van der Waals surface area (Å²) in [6.45, 7) is 0.376. The standard InChI is InChI=1S/C16H17N3O3/c1-22-13-7-5-12(6-8-13)9-11-18-15(20)16(21)19-14-4-2-3-10-17-14/h2-8,10H,9,11H2,1H3,(H,18,20)(H,17,19,21). The molecule has 2 aromatic rings. The number of nitrogens with zero attached hydrogens (tertiary/aromatic N) is 1. The Bertz CT molecular complexity index is 627. The quantitative estimate of drug-likeness (QED) is 0.818. The molecule has 114 valence electrons. The van der Waals surface area contributed by atoms with Crippen LogP contribution in [0.25, 0.3) is 0 Å². The highest BCUT2D eigenvalue weighted by Gasteiger charge is 2.13. The molecule has 2 rings (SSSR count). The lowest BCUT2D eigenvalue weighted by Gasteiger charge is -2.06. The van der Waals surface area contributed by atoms with Crippen molar-refractivity contribution >= 4 is 17.6 Å². The third-order valence-corrected chi connectivity index (χ3v) is 2.97. The van der Waals surface area contributed by atoms with E-state index in [1.807, 2.05) is 24.3 Å². The normalized spacial score (nSPS) is 9.86. The van der Waals surface area contributed by atoms with Crippen LogP contribution < -0.4 is 15.4 Å². The summed E-state index contributed by atoms with van der Waals surface area (Å²) in [5, 5.41) is 5.00. The number of carbonyl (C=O) groups is 2. The van der Waals surface area contributed by atoms with Gasteiger partial charge in [0.05, 0.1) is 7.11 Å². The molecule has 0 aliphatic rings. The smallest absolute Gasteiger partial charge is 0.314 e. The predicted molar refractivity (Wildman–Crippen MR) is 82.6 cm³/mol. The van der Waals surface area contributed by atoms with Gasteiger partial charge in [0.2, 0.25) is 0 Å². The summed E-state index contributed by atoms with van der Waals surface area (Å²) in [7, 11) is 1.61. The molecular formula is C16H17N3O3. The third-order valence-electron chi connectivity index (χ3n) is 2.97. The van der Waals surface area contributed by atoms with Gasteiger partial charge in [0.1, 0.15) is 11.6 Å². The van der Waals surface area contributed by atoms with Gasteiger partial charge in [0, 0.05) is 12.7 Å². The van der Waals surface area contributed by atoms with Crippen molar-refractivity contribution in [3.63, 3.8) is 0 Å². The molecule has 0 spiro atoms. The third kappa shape index (κ3) is 4.59. The molecule has 0 radical (unpaired) electrons. The molecule has 2 N–H and O–H groups in total. The molecule has 0 saturated carbocycles. The highest BCUT2D eigenvalue weighted by molar-refractivity contribution is 6.39. The first kappa shape index (κ1) is 15.5. The topological polar surface area (TPSA) is 80.3 Å². The van der Waals surface area contributed by atoms with E-state index < -0.39 is 11.8 Å². The monoisotopic (exact) mass is 299 g/mol. The fourth-order valence-electron chi connectivity index (χ4n) is 1.80. The van der Waals surface area contributed by atoms with Crippen LogP contribution in [-0.2, 0) is 16.0 Å². The molecule has 0 bridgehead atoms. The summed E-state index contributed by atoms with van der Waals surface area (Å²) in [5.41, 5.74) is 1.05. The SMILES string of the molecule is COc1ccc(CCNC(=O)C(=O)Nc2ccccn2)cc1. The van der Waals surface area contributed by atoms with Crippen molar-refractivity contribution in [2.24, 2.45) is 0 Å². The Morgan fingerprint density at radius 3 is 2.50 bits per heavy atom. The lowest BCUT2D eigenvalue weighted by Crippen LogP contribution is -2.36. The molecule has 2 amide bonds. The van der Waals surface area contributed by atoms with E-state index in [4.69, 9.17) is 4.74 Å². The number of carbonyl (C=O) groups excluding carboxylic acids is 2. The predicted octanol–water partition coefficient (Wildman–Crippen LogP) is 1.39. The lowest BCUT2D eigenvalue weighted by molar-refractivity contribution is -0.136. The van der Waals surface area contributed by atoms with Crippen molar-refractivity contribution < 1.29 is 14.3 Å². The van der Waals surface area contributed by atoms with Gasteiger partial charge in [0.25, 0.3) is 0 Å². The Balaban J connectivity index is 1.76. The van der Waals surface area contributed by atoms with Crippen molar-refractivity contribution in [2.75, 3.05) is 19.0 Å². The molecule has 0 fully saturated rings. The highest BCUT2D eigenvalue weighted by Crippen LogP contribution is 2.11. The Morgan fingerprint density at radius 2 is 1.86 bits per heavy atom. The molecule has 6 heteroatoms. The van der Waals surface area contributed by atoms with E-state index in [1.165, 1.54) is 6.20 Å². The van der Waals surface area contributed by atoms with Crippen molar-refractivity contribution in [3.05, 3.63) is 54.2 Å². The second kappa shape index (κ2) is 7.78. The zero-order valence-corrected chi connectivity index (χ0v) is 12.2. The van der Waals surface area contributed by atoms with E-state index in [0.29, 0.717) is 18.8 Å². The fourth-order valence-corrected chi connectivity index (χ4v) is 1.80. The van der Waals surface area contributed by atoms with Gasteiger partial charge in [-0.3, -0.25) is 9.59 Å².